The lowest BCUT2D eigenvalue weighted by molar-refractivity contribution is 0.0236. The Balaban J connectivity index is 1.54. The summed E-state index contributed by atoms with van der Waals surface area (Å²) in [7, 11) is -3.90. The van der Waals surface area contributed by atoms with Crippen molar-refractivity contribution in [2.75, 3.05) is 50.8 Å². The normalized spacial score (nSPS) is 23.9. The van der Waals surface area contributed by atoms with Gasteiger partial charge in [0, 0.05) is 37.2 Å². The predicted octanol–water partition coefficient (Wildman–Crippen LogP) is 2.11. The van der Waals surface area contributed by atoms with Crippen LogP contribution >= 0.6 is 27.3 Å². The van der Waals surface area contributed by atoms with Gasteiger partial charge in [-0.3, -0.25) is 4.90 Å². The molecular formula is C19H25BrFN5O3S2. The lowest BCUT2D eigenvalue weighted by atomic mass is 9.97. The number of rotatable bonds is 6. The van der Waals surface area contributed by atoms with Crippen molar-refractivity contribution in [3.05, 3.63) is 33.2 Å². The van der Waals surface area contributed by atoms with E-state index in [0.717, 1.165) is 29.1 Å². The molecule has 2 aromatic rings. The summed E-state index contributed by atoms with van der Waals surface area (Å²) in [5.74, 6) is 0. The summed E-state index contributed by atoms with van der Waals surface area (Å²) in [5, 5.41) is 18.3. The highest BCUT2D eigenvalue weighted by molar-refractivity contribution is 9.10. The molecular weight excluding hydrogens is 509 g/mol. The van der Waals surface area contributed by atoms with Crippen LogP contribution < -0.4 is 4.90 Å². The number of piperidine rings is 1. The van der Waals surface area contributed by atoms with Gasteiger partial charge in [0.05, 0.1) is 25.4 Å². The molecule has 1 N–H and O–H groups in total. The molecule has 0 amide bonds. The fourth-order valence-electron chi connectivity index (χ4n) is 4.08. The predicted molar refractivity (Wildman–Crippen MR) is 120 cm³/mol. The molecule has 2 aliphatic rings. The molecule has 170 valence electrons. The van der Waals surface area contributed by atoms with Crippen molar-refractivity contribution < 1.29 is 17.9 Å². The van der Waals surface area contributed by atoms with Gasteiger partial charge in [0.15, 0.2) is 0 Å². The number of aliphatic hydroxyl groups is 1. The van der Waals surface area contributed by atoms with Crippen LogP contribution in [0.3, 0.4) is 0 Å². The van der Waals surface area contributed by atoms with Crippen LogP contribution in [0.4, 0.5) is 10.1 Å². The minimum Gasteiger partial charge on any atom is -0.393 e. The average Bonchev–Trinajstić information content (AvgIpc) is 3.27. The van der Waals surface area contributed by atoms with Gasteiger partial charge < -0.3 is 10.0 Å². The summed E-state index contributed by atoms with van der Waals surface area (Å²) in [6.45, 7) is 2.86. The number of benzene rings is 1. The standard InChI is InChI=1S/C19H25BrFN5O3S2/c20-15-2-3-17(31(28,29)26-5-1-4-19(21,12-26)13-27)16(10-15)25-8-6-24(7-9-25)11-18-23-22-14-30-18/h2-3,10,14,27H,1,4-9,11-13H2. The van der Waals surface area contributed by atoms with Crippen molar-refractivity contribution in [1.82, 2.24) is 19.4 Å². The molecule has 1 atom stereocenters. The minimum absolute atomic E-state index is 0.166. The van der Waals surface area contributed by atoms with E-state index in [1.807, 2.05) is 6.07 Å². The Hall–Kier alpha value is -1.18. The second-order valence-electron chi connectivity index (χ2n) is 7.96. The van der Waals surface area contributed by atoms with Crippen molar-refractivity contribution in [2.45, 2.75) is 30.0 Å². The smallest absolute Gasteiger partial charge is 0.245 e. The molecule has 1 aromatic heterocycles. The molecule has 0 spiro atoms. The molecule has 3 heterocycles. The molecule has 12 heteroatoms. The van der Waals surface area contributed by atoms with Gasteiger partial charge in [-0.05, 0) is 31.0 Å². The first-order valence-electron chi connectivity index (χ1n) is 10.1. The number of sulfonamides is 1. The molecule has 4 rings (SSSR count). The zero-order valence-corrected chi connectivity index (χ0v) is 20.2. The molecule has 0 saturated carbocycles. The second-order valence-corrected chi connectivity index (χ2v) is 11.7. The van der Waals surface area contributed by atoms with Gasteiger partial charge in [-0.25, -0.2) is 12.8 Å². The van der Waals surface area contributed by atoms with Crippen molar-refractivity contribution in [1.29, 1.82) is 0 Å². The van der Waals surface area contributed by atoms with Crippen molar-refractivity contribution in [3.63, 3.8) is 0 Å². The monoisotopic (exact) mass is 533 g/mol. The SMILES string of the molecule is O=S(=O)(c1ccc(Br)cc1N1CCN(Cc2nncs2)CC1)N1CCCC(F)(CO)C1. The summed E-state index contributed by atoms with van der Waals surface area (Å²) >= 11 is 4.98. The molecule has 31 heavy (non-hydrogen) atoms. The first-order valence-corrected chi connectivity index (χ1v) is 13.2. The maximum atomic E-state index is 14.7. The number of piperazine rings is 1. The van der Waals surface area contributed by atoms with Crippen molar-refractivity contribution >= 4 is 43.0 Å². The summed E-state index contributed by atoms with van der Waals surface area (Å²) in [6, 6.07) is 5.09. The maximum absolute atomic E-state index is 14.7. The zero-order valence-electron chi connectivity index (χ0n) is 17.0. The Morgan fingerprint density at radius 3 is 2.68 bits per heavy atom. The van der Waals surface area contributed by atoms with Gasteiger partial charge in [0.2, 0.25) is 10.0 Å². The van der Waals surface area contributed by atoms with Crippen molar-refractivity contribution in [3.8, 4) is 0 Å². The molecule has 2 fully saturated rings. The molecule has 2 aliphatic heterocycles. The van der Waals surface area contributed by atoms with Crippen LogP contribution in [0.25, 0.3) is 0 Å². The van der Waals surface area contributed by atoms with Crippen LogP contribution in [0, 0.1) is 0 Å². The number of alkyl halides is 1. The molecule has 2 saturated heterocycles. The van der Waals surface area contributed by atoms with Gasteiger partial charge in [-0.2, -0.15) is 4.31 Å². The van der Waals surface area contributed by atoms with E-state index in [1.165, 1.54) is 15.6 Å². The fourth-order valence-corrected chi connectivity index (χ4v) is 6.74. The van der Waals surface area contributed by atoms with Crippen molar-refractivity contribution in [2.24, 2.45) is 0 Å². The Labute approximate surface area is 193 Å². The quantitative estimate of drug-likeness (QED) is 0.608. The topological polar surface area (TPSA) is 89.9 Å². The van der Waals surface area contributed by atoms with Gasteiger partial charge >= 0.3 is 0 Å². The lowest BCUT2D eigenvalue weighted by Gasteiger charge is -2.38. The molecule has 1 unspecified atom stereocenters. The van der Waals surface area contributed by atoms with E-state index in [9.17, 15) is 17.9 Å². The summed E-state index contributed by atoms with van der Waals surface area (Å²) < 4.78 is 43.6. The number of aliphatic hydroxyl groups excluding tert-OH is 1. The third-order valence-electron chi connectivity index (χ3n) is 5.79. The van der Waals surface area contributed by atoms with Crippen LogP contribution in [0.5, 0.6) is 0 Å². The Bertz CT molecular complexity index is 1000. The molecule has 0 radical (unpaired) electrons. The summed E-state index contributed by atoms with van der Waals surface area (Å²) in [5.41, 5.74) is 0.439. The van der Waals surface area contributed by atoms with Crippen LogP contribution in [0.1, 0.15) is 17.8 Å². The van der Waals surface area contributed by atoms with Gasteiger partial charge in [-0.15, -0.1) is 21.5 Å². The highest BCUT2D eigenvalue weighted by atomic mass is 79.9. The minimum atomic E-state index is -3.90. The maximum Gasteiger partial charge on any atom is 0.245 e. The second kappa shape index (κ2) is 9.36. The fraction of sp³-hybridized carbons (Fsp3) is 0.579. The Kier molecular flexibility index (Phi) is 6.94. The molecule has 1 aromatic carbocycles. The van der Waals surface area contributed by atoms with Gasteiger partial charge in [-0.1, -0.05) is 15.9 Å². The van der Waals surface area contributed by atoms with Crippen LogP contribution in [0.2, 0.25) is 0 Å². The van der Waals surface area contributed by atoms with E-state index in [2.05, 4.69) is 35.9 Å². The van der Waals surface area contributed by atoms with Crippen LogP contribution in [-0.4, -0.2) is 84.5 Å². The first kappa shape index (κ1) is 23.0. The number of hydrogen-bond acceptors (Lipinski definition) is 8. The van der Waals surface area contributed by atoms with E-state index in [1.54, 1.807) is 17.6 Å². The number of anilines is 1. The molecule has 0 bridgehead atoms. The number of hydrogen-bond donors (Lipinski definition) is 1. The van der Waals surface area contributed by atoms with E-state index in [0.29, 0.717) is 25.2 Å². The lowest BCUT2D eigenvalue weighted by Crippen LogP contribution is -2.50. The zero-order chi connectivity index (χ0) is 22.1. The molecule has 0 aliphatic carbocycles. The Morgan fingerprint density at radius 1 is 1.23 bits per heavy atom. The third kappa shape index (κ3) is 5.09. The number of aromatic nitrogens is 2. The summed E-state index contributed by atoms with van der Waals surface area (Å²) in [4.78, 5) is 4.51. The van der Waals surface area contributed by atoms with Crippen LogP contribution in [0.15, 0.2) is 33.1 Å². The largest absolute Gasteiger partial charge is 0.393 e. The average molecular weight is 534 g/mol. The van der Waals surface area contributed by atoms with E-state index in [4.69, 9.17) is 0 Å². The van der Waals surface area contributed by atoms with E-state index < -0.39 is 22.3 Å². The van der Waals surface area contributed by atoms with Crippen LogP contribution in [-0.2, 0) is 16.6 Å². The first-order chi connectivity index (χ1) is 14.8. The van der Waals surface area contributed by atoms with E-state index >= 15 is 0 Å². The Morgan fingerprint density at radius 2 is 2.00 bits per heavy atom. The molecule has 8 nitrogen and oxygen atoms in total. The van der Waals surface area contributed by atoms with Gasteiger partial charge in [0.1, 0.15) is 21.1 Å². The third-order valence-corrected chi connectivity index (χ3v) is 8.86. The number of halogens is 2. The highest BCUT2D eigenvalue weighted by Gasteiger charge is 2.41. The van der Waals surface area contributed by atoms with E-state index in [-0.39, 0.29) is 24.4 Å². The van der Waals surface area contributed by atoms with Gasteiger partial charge in [0.25, 0.3) is 0 Å². The number of nitrogens with zero attached hydrogens (tertiary/aromatic N) is 5. The highest BCUT2D eigenvalue weighted by Crippen LogP contribution is 2.35. The summed E-state index contributed by atoms with van der Waals surface area (Å²) in [6.07, 6.45) is 0.547.